The van der Waals surface area contributed by atoms with Gasteiger partial charge in [0.25, 0.3) is 0 Å². The van der Waals surface area contributed by atoms with Crippen LogP contribution in [-0.2, 0) is 4.79 Å². The highest BCUT2D eigenvalue weighted by Gasteiger charge is 2.35. The second-order valence-electron chi connectivity index (χ2n) is 5.64. The van der Waals surface area contributed by atoms with Crippen LogP contribution in [0.2, 0.25) is 0 Å². The number of rotatable bonds is 3. The number of amides is 1. The molecule has 1 aromatic carbocycles. The monoisotopic (exact) mass is 293 g/mol. The maximum atomic E-state index is 12.6. The highest BCUT2D eigenvalue weighted by atomic mass is 32.3. The van der Waals surface area contributed by atoms with Gasteiger partial charge in [-0.05, 0) is 24.7 Å². The van der Waals surface area contributed by atoms with Crippen LogP contribution in [0.15, 0.2) is 30.3 Å². The van der Waals surface area contributed by atoms with Gasteiger partial charge in [-0.3, -0.25) is 9.59 Å². The van der Waals surface area contributed by atoms with Gasteiger partial charge in [0.15, 0.2) is 5.78 Å². The Kier molecular flexibility index (Phi) is 4.53. The first kappa shape index (κ1) is 15.1. The maximum absolute atomic E-state index is 12.6. The molecular formula is C16H23NO2S. The SMILES string of the molecule is CC(=O)N1CCS(C)(C(C)C(=O)c2ccccc2)CC1. The van der Waals surface area contributed by atoms with E-state index in [1.54, 1.807) is 6.92 Å². The lowest BCUT2D eigenvalue weighted by atomic mass is 10.1. The first-order valence-electron chi connectivity index (χ1n) is 7.01. The third-order valence-electron chi connectivity index (χ3n) is 4.38. The van der Waals surface area contributed by atoms with Gasteiger partial charge >= 0.3 is 0 Å². The van der Waals surface area contributed by atoms with Crippen molar-refractivity contribution in [2.75, 3.05) is 30.9 Å². The van der Waals surface area contributed by atoms with Crippen molar-refractivity contribution >= 4 is 21.7 Å². The Balaban J connectivity index is 2.07. The van der Waals surface area contributed by atoms with Gasteiger partial charge in [-0.2, -0.15) is 0 Å². The second kappa shape index (κ2) is 6.00. The smallest absolute Gasteiger partial charge is 0.219 e. The van der Waals surface area contributed by atoms with E-state index in [1.165, 1.54) is 0 Å². The lowest BCUT2D eigenvalue weighted by Gasteiger charge is -2.47. The zero-order valence-electron chi connectivity index (χ0n) is 12.5. The minimum absolute atomic E-state index is 0.0685. The molecule has 0 aromatic heterocycles. The Morgan fingerprint density at radius 3 is 2.20 bits per heavy atom. The molecule has 0 saturated carbocycles. The Bertz CT molecular complexity index is 492. The summed E-state index contributed by atoms with van der Waals surface area (Å²) in [4.78, 5) is 25.9. The maximum Gasteiger partial charge on any atom is 0.219 e. The predicted octanol–water partition coefficient (Wildman–Crippen LogP) is 2.55. The van der Waals surface area contributed by atoms with Crippen molar-refractivity contribution in [1.29, 1.82) is 0 Å². The van der Waals surface area contributed by atoms with Gasteiger partial charge in [0, 0.05) is 30.8 Å². The number of hydrogen-bond donors (Lipinski definition) is 0. The van der Waals surface area contributed by atoms with Crippen LogP contribution >= 0.6 is 10.0 Å². The van der Waals surface area contributed by atoms with Crippen LogP contribution in [0.5, 0.6) is 0 Å². The summed E-state index contributed by atoms with van der Waals surface area (Å²) < 4.78 is 0. The Morgan fingerprint density at radius 2 is 1.70 bits per heavy atom. The predicted molar refractivity (Wildman–Crippen MR) is 85.7 cm³/mol. The van der Waals surface area contributed by atoms with Gasteiger partial charge in [0.2, 0.25) is 5.91 Å². The molecule has 20 heavy (non-hydrogen) atoms. The summed E-state index contributed by atoms with van der Waals surface area (Å²) in [5.41, 5.74) is 0.808. The summed E-state index contributed by atoms with van der Waals surface area (Å²) in [6.45, 7) is 5.28. The molecule has 4 heteroatoms. The summed E-state index contributed by atoms with van der Waals surface area (Å²) in [5, 5.41) is 0.0685. The molecule has 1 aromatic rings. The van der Waals surface area contributed by atoms with E-state index in [-0.39, 0.29) is 16.9 Å². The van der Waals surface area contributed by atoms with Crippen molar-refractivity contribution in [3.63, 3.8) is 0 Å². The number of ketones is 1. The standard InChI is InChI=1S/C16H23NO2S/c1-13(16(19)15-7-5-4-6-8-15)20(3)11-9-17(10-12-20)14(2)18/h4-8,13H,9-12H2,1-3H3. The molecule has 1 amide bonds. The van der Waals surface area contributed by atoms with Crippen molar-refractivity contribution in [3.05, 3.63) is 35.9 Å². The average molecular weight is 293 g/mol. The quantitative estimate of drug-likeness (QED) is 0.803. The van der Waals surface area contributed by atoms with Crippen LogP contribution in [0, 0.1) is 0 Å². The van der Waals surface area contributed by atoms with E-state index in [0.717, 1.165) is 30.2 Å². The summed E-state index contributed by atoms with van der Waals surface area (Å²) in [5.74, 6) is 2.35. The molecule has 1 heterocycles. The molecule has 1 saturated heterocycles. The summed E-state index contributed by atoms with van der Waals surface area (Å²) in [7, 11) is -0.976. The van der Waals surface area contributed by atoms with E-state index in [1.807, 2.05) is 35.2 Å². The Morgan fingerprint density at radius 1 is 1.15 bits per heavy atom. The first-order valence-corrected chi connectivity index (χ1v) is 9.45. The molecule has 0 bridgehead atoms. The van der Waals surface area contributed by atoms with Crippen molar-refractivity contribution in [2.45, 2.75) is 19.1 Å². The van der Waals surface area contributed by atoms with Crippen molar-refractivity contribution < 1.29 is 9.59 Å². The molecule has 0 radical (unpaired) electrons. The third kappa shape index (κ3) is 3.06. The number of benzene rings is 1. The van der Waals surface area contributed by atoms with E-state index >= 15 is 0 Å². The summed E-state index contributed by atoms with van der Waals surface area (Å²) in [6.07, 6.45) is 2.26. The van der Waals surface area contributed by atoms with Crippen molar-refractivity contribution in [1.82, 2.24) is 4.90 Å². The van der Waals surface area contributed by atoms with E-state index in [2.05, 4.69) is 13.2 Å². The number of Topliss-reactive ketones (excluding diaryl/α,β-unsaturated/α-hetero) is 1. The van der Waals surface area contributed by atoms with Crippen LogP contribution in [0.1, 0.15) is 24.2 Å². The van der Waals surface area contributed by atoms with Crippen LogP contribution in [-0.4, -0.2) is 52.7 Å². The zero-order valence-corrected chi connectivity index (χ0v) is 13.3. The lowest BCUT2D eigenvalue weighted by molar-refractivity contribution is -0.128. The first-order chi connectivity index (χ1) is 9.44. The highest BCUT2D eigenvalue weighted by molar-refractivity contribution is 8.34. The number of carbonyl (C=O) groups excluding carboxylic acids is 2. The normalized spacial score (nSPS) is 21.1. The highest BCUT2D eigenvalue weighted by Crippen LogP contribution is 2.51. The molecule has 1 unspecified atom stereocenters. The van der Waals surface area contributed by atoms with Crippen molar-refractivity contribution in [2.24, 2.45) is 0 Å². The molecule has 0 spiro atoms. The fourth-order valence-electron chi connectivity index (χ4n) is 2.62. The number of nitrogens with zero attached hydrogens (tertiary/aromatic N) is 1. The lowest BCUT2D eigenvalue weighted by Crippen LogP contribution is -2.44. The van der Waals surface area contributed by atoms with Crippen LogP contribution in [0.3, 0.4) is 0 Å². The third-order valence-corrected chi connectivity index (χ3v) is 8.53. The Hall–Kier alpha value is -1.29. The molecule has 1 fully saturated rings. The fraction of sp³-hybridized carbons (Fsp3) is 0.500. The molecule has 1 atom stereocenters. The van der Waals surface area contributed by atoms with E-state index in [0.29, 0.717) is 0 Å². The van der Waals surface area contributed by atoms with E-state index in [4.69, 9.17) is 0 Å². The molecule has 0 aliphatic carbocycles. The zero-order chi connectivity index (χ0) is 14.8. The molecule has 2 rings (SSSR count). The van der Waals surface area contributed by atoms with Gasteiger partial charge in [-0.15, -0.1) is 0 Å². The molecule has 1 aliphatic heterocycles. The summed E-state index contributed by atoms with van der Waals surface area (Å²) in [6, 6.07) is 9.55. The van der Waals surface area contributed by atoms with Crippen molar-refractivity contribution in [3.8, 4) is 0 Å². The van der Waals surface area contributed by atoms with E-state index in [9.17, 15) is 9.59 Å². The van der Waals surface area contributed by atoms with Gasteiger partial charge in [-0.25, -0.2) is 10.0 Å². The topological polar surface area (TPSA) is 37.4 Å². The van der Waals surface area contributed by atoms with Crippen LogP contribution < -0.4 is 0 Å². The van der Waals surface area contributed by atoms with Gasteiger partial charge in [0.05, 0.1) is 0 Å². The van der Waals surface area contributed by atoms with Crippen LogP contribution in [0.4, 0.5) is 0 Å². The minimum Gasteiger partial charge on any atom is -0.341 e. The molecular weight excluding hydrogens is 270 g/mol. The minimum atomic E-state index is -0.976. The number of carbonyl (C=O) groups is 2. The fourth-order valence-corrected chi connectivity index (χ4v) is 5.45. The van der Waals surface area contributed by atoms with Gasteiger partial charge < -0.3 is 4.90 Å². The molecule has 3 nitrogen and oxygen atoms in total. The Labute approximate surface area is 122 Å². The van der Waals surface area contributed by atoms with E-state index < -0.39 is 10.0 Å². The van der Waals surface area contributed by atoms with Gasteiger partial charge in [0.1, 0.15) is 0 Å². The number of hydrogen-bond acceptors (Lipinski definition) is 2. The molecule has 0 N–H and O–H groups in total. The van der Waals surface area contributed by atoms with Crippen LogP contribution in [0.25, 0.3) is 0 Å². The largest absolute Gasteiger partial charge is 0.341 e. The average Bonchev–Trinajstić information content (AvgIpc) is 2.47. The second-order valence-corrected chi connectivity index (χ2v) is 9.86. The molecule has 1 aliphatic rings. The van der Waals surface area contributed by atoms with Gasteiger partial charge in [-0.1, -0.05) is 30.3 Å². The molecule has 110 valence electrons. The summed E-state index contributed by atoms with van der Waals surface area (Å²) >= 11 is 0.